The van der Waals surface area contributed by atoms with Crippen molar-refractivity contribution in [1.82, 2.24) is 4.57 Å². The molecule has 0 unspecified atom stereocenters. The first kappa shape index (κ1) is 15.6. The first-order chi connectivity index (χ1) is 11.5. The van der Waals surface area contributed by atoms with Crippen LogP contribution in [0.1, 0.15) is 18.1 Å². The van der Waals surface area contributed by atoms with Crippen LogP contribution < -0.4 is 4.74 Å². The first-order valence-corrected chi connectivity index (χ1v) is 7.59. The summed E-state index contributed by atoms with van der Waals surface area (Å²) in [6.07, 6.45) is -1.35. The largest absolute Gasteiger partial charge is 0.511 e. The number of benzene rings is 2. The number of aromatic nitrogens is 1. The summed E-state index contributed by atoms with van der Waals surface area (Å²) >= 11 is 0. The van der Waals surface area contributed by atoms with Crippen LogP contribution in [0.2, 0.25) is 0 Å². The smallest absolute Gasteiger partial charge is 0.449 e. The molecule has 0 aliphatic heterocycles. The van der Waals surface area contributed by atoms with Gasteiger partial charge in [-0.3, -0.25) is 0 Å². The molecule has 0 radical (unpaired) electrons. The number of fused-ring (bicyclic) bond motifs is 1. The Morgan fingerprint density at radius 1 is 1.25 bits per heavy atom. The molecule has 2 aromatic carbocycles. The second-order valence-corrected chi connectivity index (χ2v) is 5.49. The minimum absolute atomic E-state index is 0.250. The van der Waals surface area contributed by atoms with E-state index in [1.165, 1.54) is 0 Å². The lowest BCUT2D eigenvalue weighted by molar-refractivity contribution is 0.144. The standard InChI is InChI=1S/C19H16N2O3/c1-3-21-17-10-12(2)4-9-15(17)16(11-20)18(21)13-5-7-14(8-6-13)24-19(22)23/h4-10H,3H2,1-2H3,(H,22,23). The number of carboxylic acid groups (broad SMARTS) is 1. The monoisotopic (exact) mass is 320 g/mol. The predicted octanol–water partition coefficient (Wildman–Crippen LogP) is 4.57. The molecule has 24 heavy (non-hydrogen) atoms. The van der Waals surface area contributed by atoms with Crippen molar-refractivity contribution in [1.29, 1.82) is 5.26 Å². The van der Waals surface area contributed by atoms with E-state index in [2.05, 4.69) is 21.4 Å². The third kappa shape index (κ3) is 2.59. The van der Waals surface area contributed by atoms with Gasteiger partial charge in [-0.25, -0.2) is 4.79 Å². The number of hydrogen-bond acceptors (Lipinski definition) is 3. The Bertz CT molecular complexity index is 963. The van der Waals surface area contributed by atoms with Crippen molar-refractivity contribution in [2.45, 2.75) is 20.4 Å². The highest BCUT2D eigenvalue weighted by Gasteiger charge is 2.18. The van der Waals surface area contributed by atoms with Crippen LogP contribution in [0.4, 0.5) is 4.79 Å². The minimum atomic E-state index is -1.35. The quantitative estimate of drug-likeness (QED) is 0.567. The number of carbonyl (C=O) groups is 1. The highest BCUT2D eigenvalue weighted by Crippen LogP contribution is 2.34. The van der Waals surface area contributed by atoms with Gasteiger partial charge in [-0.15, -0.1) is 0 Å². The lowest BCUT2D eigenvalue weighted by Crippen LogP contribution is -2.03. The van der Waals surface area contributed by atoms with Gasteiger partial charge in [0.2, 0.25) is 0 Å². The lowest BCUT2D eigenvalue weighted by Gasteiger charge is -2.09. The molecule has 0 saturated heterocycles. The SMILES string of the molecule is CCn1c(-c2ccc(OC(=O)O)cc2)c(C#N)c2ccc(C)cc21. The van der Waals surface area contributed by atoms with Gasteiger partial charge in [0.05, 0.1) is 16.8 Å². The van der Waals surface area contributed by atoms with Crippen molar-refractivity contribution in [3.63, 3.8) is 0 Å². The van der Waals surface area contributed by atoms with Gasteiger partial charge in [-0.1, -0.05) is 12.1 Å². The third-order valence-corrected chi connectivity index (χ3v) is 3.98. The van der Waals surface area contributed by atoms with Gasteiger partial charge in [0, 0.05) is 11.9 Å². The van der Waals surface area contributed by atoms with E-state index in [0.29, 0.717) is 5.56 Å². The molecular formula is C19H16N2O3. The molecule has 3 aromatic rings. The first-order valence-electron chi connectivity index (χ1n) is 7.59. The Labute approximate surface area is 139 Å². The molecule has 0 spiro atoms. The number of rotatable bonds is 3. The minimum Gasteiger partial charge on any atom is -0.449 e. The van der Waals surface area contributed by atoms with Gasteiger partial charge in [0.1, 0.15) is 11.8 Å². The maximum absolute atomic E-state index is 10.6. The fraction of sp³-hybridized carbons (Fsp3) is 0.158. The summed E-state index contributed by atoms with van der Waals surface area (Å²) in [5.41, 5.74) is 4.46. The summed E-state index contributed by atoms with van der Waals surface area (Å²) in [5, 5.41) is 19.3. The number of nitrogens with zero attached hydrogens (tertiary/aromatic N) is 2. The Morgan fingerprint density at radius 2 is 1.96 bits per heavy atom. The van der Waals surface area contributed by atoms with Crippen LogP contribution in [0, 0.1) is 18.3 Å². The van der Waals surface area contributed by atoms with Crippen LogP contribution in [0.25, 0.3) is 22.2 Å². The molecule has 0 saturated carbocycles. The van der Waals surface area contributed by atoms with Gasteiger partial charge in [-0.05, 0) is 55.3 Å². The van der Waals surface area contributed by atoms with Crippen LogP contribution in [-0.2, 0) is 6.54 Å². The average molecular weight is 320 g/mol. The van der Waals surface area contributed by atoms with E-state index in [-0.39, 0.29) is 5.75 Å². The molecule has 0 fully saturated rings. The number of hydrogen-bond donors (Lipinski definition) is 1. The van der Waals surface area contributed by atoms with Crippen molar-refractivity contribution < 1.29 is 14.6 Å². The predicted molar refractivity (Wildman–Crippen MR) is 91.2 cm³/mol. The summed E-state index contributed by atoms with van der Waals surface area (Å²) in [6.45, 7) is 4.79. The molecule has 0 aliphatic carbocycles. The van der Waals surface area contributed by atoms with Crippen molar-refractivity contribution >= 4 is 17.1 Å². The van der Waals surface area contributed by atoms with E-state index in [0.717, 1.165) is 34.3 Å². The maximum atomic E-state index is 10.6. The topological polar surface area (TPSA) is 75.2 Å². The second kappa shape index (κ2) is 6.09. The van der Waals surface area contributed by atoms with Crippen molar-refractivity contribution in [2.75, 3.05) is 0 Å². The zero-order chi connectivity index (χ0) is 17.3. The third-order valence-electron chi connectivity index (χ3n) is 3.98. The molecule has 1 N–H and O–H groups in total. The zero-order valence-corrected chi connectivity index (χ0v) is 13.4. The van der Waals surface area contributed by atoms with Gasteiger partial charge in [-0.2, -0.15) is 5.26 Å². The highest BCUT2D eigenvalue weighted by molar-refractivity contribution is 5.95. The van der Waals surface area contributed by atoms with Gasteiger partial charge in [0.25, 0.3) is 0 Å². The van der Waals surface area contributed by atoms with Crippen LogP contribution in [0.3, 0.4) is 0 Å². The Morgan fingerprint density at radius 3 is 2.54 bits per heavy atom. The van der Waals surface area contributed by atoms with E-state index in [1.807, 2.05) is 26.0 Å². The summed E-state index contributed by atoms with van der Waals surface area (Å²) in [5.74, 6) is 0.250. The molecule has 0 aliphatic rings. The zero-order valence-electron chi connectivity index (χ0n) is 13.4. The van der Waals surface area contributed by atoms with Gasteiger partial charge >= 0.3 is 6.16 Å². The molecule has 0 amide bonds. The molecule has 1 aromatic heterocycles. The Hall–Kier alpha value is -3.26. The molecule has 3 rings (SSSR count). The van der Waals surface area contributed by atoms with E-state index >= 15 is 0 Å². The molecule has 5 heteroatoms. The van der Waals surface area contributed by atoms with Crippen molar-refractivity contribution in [2.24, 2.45) is 0 Å². The molecule has 0 bridgehead atoms. The number of nitriles is 1. The average Bonchev–Trinajstić information content (AvgIpc) is 2.87. The lowest BCUT2D eigenvalue weighted by atomic mass is 10.1. The molecular weight excluding hydrogens is 304 g/mol. The highest BCUT2D eigenvalue weighted by atomic mass is 16.7. The van der Waals surface area contributed by atoms with Crippen molar-refractivity contribution in [3.05, 3.63) is 53.6 Å². The van der Waals surface area contributed by atoms with E-state index < -0.39 is 6.16 Å². The summed E-state index contributed by atoms with van der Waals surface area (Å²) in [6, 6.07) is 15.1. The van der Waals surface area contributed by atoms with Crippen molar-refractivity contribution in [3.8, 4) is 23.1 Å². The molecule has 1 heterocycles. The van der Waals surface area contributed by atoms with Crippen LogP contribution >= 0.6 is 0 Å². The van der Waals surface area contributed by atoms with E-state index in [1.54, 1.807) is 24.3 Å². The maximum Gasteiger partial charge on any atom is 0.511 e. The fourth-order valence-electron chi connectivity index (χ4n) is 2.98. The van der Waals surface area contributed by atoms with E-state index in [9.17, 15) is 10.1 Å². The fourth-order valence-corrected chi connectivity index (χ4v) is 2.98. The summed E-state index contributed by atoms with van der Waals surface area (Å²) in [7, 11) is 0. The normalized spacial score (nSPS) is 10.5. The molecule has 0 atom stereocenters. The van der Waals surface area contributed by atoms with Crippen LogP contribution in [0.15, 0.2) is 42.5 Å². The Kier molecular flexibility index (Phi) is 3.97. The summed E-state index contributed by atoms with van der Waals surface area (Å²) in [4.78, 5) is 10.6. The number of ether oxygens (including phenoxy) is 1. The summed E-state index contributed by atoms with van der Waals surface area (Å²) < 4.78 is 6.74. The second-order valence-electron chi connectivity index (χ2n) is 5.49. The molecule has 5 nitrogen and oxygen atoms in total. The van der Waals surface area contributed by atoms with Gasteiger partial charge < -0.3 is 14.4 Å². The Balaban J connectivity index is 2.21. The van der Waals surface area contributed by atoms with E-state index in [4.69, 9.17) is 5.11 Å². The number of aryl methyl sites for hydroxylation is 2. The molecule has 120 valence electrons. The van der Waals surface area contributed by atoms with Crippen LogP contribution in [-0.4, -0.2) is 15.8 Å². The van der Waals surface area contributed by atoms with Gasteiger partial charge in [0.15, 0.2) is 0 Å². The van der Waals surface area contributed by atoms with Crippen LogP contribution in [0.5, 0.6) is 5.75 Å².